The molecule has 0 fully saturated rings. The number of aromatic nitrogens is 4. The van der Waals surface area contributed by atoms with Gasteiger partial charge < -0.3 is 25.2 Å². The maximum absolute atomic E-state index is 12.4. The fraction of sp³-hybridized carbons (Fsp3) is 0.471. The van der Waals surface area contributed by atoms with Gasteiger partial charge in [-0.15, -0.1) is 0 Å². The molecule has 0 saturated heterocycles. The van der Waals surface area contributed by atoms with E-state index in [1.54, 1.807) is 29.9 Å². The van der Waals surface area contributed by atoms with Crippen LogP contribution in [0.3, 0.4) is 0 Å². The predicted molar refractivity (Wildman–Crippen MR) is 104 cm³/mol. The van der Waals surface area contributed by atoms with Gasteiger partial charge in [0.25, 0.3) is 0 Å². The van der Waals surface area contributed by atoms with Gasteiger partial charge >= 0.3 is 11.8 Å². The number of likely N-dealkylation sites (N-methyl/N-ethyl adjacent to an activating group) is 1. The van der Waals surface area contributed by atoms with Crippen LogP contribution in [-0.4, -0.2) is 78.3 Å². The minimum absolute atomic E-state index is 0.127. The van der Waals surface area contributed by atoms with E-state index in [0.29, 0.717) is 5.82 Å². The van der Waals surface area contributed by atoms with Crippen molar-refractivity contribution in [2.24, 2.45) is 7.05 Å². The number of hydrogen-bond donors (Lipinski definition) is 2. The number of methoxy groups -OCH3 is 1. The molecule has 2 heterocycles. The molecule has 2 amide bonds. The molecular formula is C17H26N8O3. The van der Waals surface area contributed by atoms with Crippen molar-refractivity contribution in [2.75, 3.05) is 52.1 Å². The van der Waals surface area contributed by atoms with Crippen molar-refractivity contribution in [3.05, 3.63) is 24.3 Å². The topological polar surface area (TPSA) is 118 Å². The highest BCUT2D eigenvalue weighted by molar-refractivity contribution is 6.40. The zero-order valence-electron chi connectivity index (χ0n) is 16.9. The Balaban J connectivity index is 2.08. The number of hydrogen-bond acceptors (Lipinski definition) is 8. The molecule has 11 nitrogen and oxygen atoms in total. The van der Waals surface area contributed by atoms with Gasteiger partial charge in [-0.1, -0.05) is 0 Å². The van der Waals surface area contributed by atoms with Crippen LogP contribution in [0.25, 0.3) is 0 Å². The minimum atomic E-state index is -0.833. The van der Waals surface area contributed by atoms with Crippen LogP contribution >= 0.6 is 0 Å². The highest BCUT2D eigenvalue weighted by atomic mass is 16.5. The number of nitrogens with zero attached hydrogens (tertiary/aromatic N) is 6. The van der Waals surface area contributed by atoms with Gasteiger partial charge in [-0.3, -0.25) is 14.3 Å². The number of rotatable bonds is 7. The average molecular weight is 390 g/mol. The first-order valence-electron chi connectivity index (χ1n) is 8.55. The summed E-state index contributed by atoms with van der Waals surface area (Å²) in [5, 5.41) is 9.34. The quantitative estimate of drug-likeness (QED) is 0.616. The second kappa shape index (κ2) is 9.13. The van der Waals surface area contributed by atoms with Gasteiger partial charge in [0.05, 0.1) is 19.3 Å². The van der Waals surface area contributed by atoms with Crippen LogP contribution in [0.15, 0.2) is 18.7 Å². The molecule has 2 N–H and O–H groups in total. The van der Waals surface area contributed by atoms with Crippen LogP contribution in [0.4, 0.5) is 11.5 Å². The normalized spacial score (nSPS) is 11.8. The molecule has 2 aromatic heterocycles. The van der Waals surface area contributed by atoms with Gasteiger partial charge in [-0.05, 0) is 14.1 Å². The lowest BCUT2D eigenvalue weighted by Gasteiger charge is -2.23. The molecule has 28 heavy (non-hydrogen) atoms. The standard InChI is InChI=1S/C17H26N8O3/c1-23(2)12(11-7-21-25(5)9-11)8-18-15(26)16(27)22-13-14(24(3)4)19-10-20-17(13)28-6/h7,9-10,12H,8H2,1-6H3,(H,18,26)(H,22,27). The summed E-state index contributed by atoms with van der Waals surface area (Å²) in [6.45, 7) is 0.244. The maximum Gasteiger partial charge on any atom is 0.313 e. The Kier molecular flexibility index (Phi) is 6.88. The van der Waals surface area contributed by atoms with Crippen molar-refractivity contribution in [1.82, 2.24) is 30.0 Å². The largest absolute Gasteiger partial charge is 0.479 e. The lowest BCUT2D eigenvalue weighted by Crippen LogP contribution is -2.40. The minimum Gasteiger partial charge on any atom is -0.479 e. The highest BCUT2D eigenvalue weighted by Crippen LogP contribution is 2.29. The first kappa shape index (κ1) is 21.1. The molecule has 1 unspecified atom stereocenters. The molecule has 0 aromatic carbocycles. The lowest BCUT2D eigenvalue weighted by molar-refractivity contribution is -0.136. The van der Waals surface area contributed by atoms with Gasteiger partial charge in [0, 0.05) is 39.4 Å². The zero-order valence-corrected chi connectivity index (χ0v) is 16.9. The predicted octanol–water partition coefficient (Wildman–Crippen LogP) is -0.358. The summed E-state index contributed by atoms with van der Waals surface area (Å²) in [7, 11) is 10.5. The first-order valence-corrected chi connectivity index (χ1v) is 8.55. The Morgan fingerprint density at radius 3 is 2.46 bits per heavy atom. The van der Waals surface area contributed by atoms with E-state index in [1.165, 1.54) is 13.4 Å². The van der Waals surface area contributed by atoms with Crippen molar-refractivity contribution in [3.63, 3.8) is 0 Å². The van der Waals surface area contributed by atoms with E-state index in [1.807, 2.05) is 32.2 Å². The van der Waals surface area contributed by atoms with Gasteiger partial charge in [-0.25, -0.2) is 4.98 Å². The van der Waals surface area contributed by atoms with Gasteiger partial charge in [0.15, 0.2) is 5.82 Å². The number of ether oxygens (including phenoxy) is 1. The summed E-state index contributed by atoms with van der Waals surface area (Å²) in [6.07, 6.45) is 4.92. The number of aryl methyl sites for hydroxylation is 1. The van der Waals surface area contributed by atoms with Crippen LogP contribution in [0.2, 0.25) is 0 Å². The fourth-order valence-electron chi connectivity index (χ4n) is 2.61. The fourth-order valence-corrected chi connectivity index (χ4v) is 2.61. The van der Waals surface area contributed by atoms with Gasteiger partial charge in [0.1, 0.15) is 12.0 Å². The van der Waals surface area contributed by atoms with Crippen LogP contribution in [0.5, 0.6) is 5.88 Å². The van der Waals surface area contributed by atoms with Gasteiger partial charge in [-0.2, -0.15) is 10.1 Å². The molecule has 152 valence electrons. The number of amides is 2. The van der Waals surface area contributed by atoms with Crippen molar-refractivity contribution < 1.29 is 14.3 Å². The third-order valence-electron chi connectivity index (χ3n) is 4.04. The summed E-state index contributed by atoms with van der Waals surface area (Å²) in [6, 6.07) is -0.127. The van der Waals surface area contributed by atoms with Crippen LogP contribution in [0, 0.1) is 0 Å². The van der Waals surface area contributed by atoms with E-state index in [2.05, 4.69) is 25.7 Å². The Morgan fingerprint density at radius 1 is 1.21 bits per heavy atom. The Bertz CT molecular complexity index is 834. The number of carbonyl (C=O) groups is 2. The number of anilines is 2. The summed E-state index contributed by atoms with van der Waals surface area (Å²) >= 11 is 0. The smallest absolute Gasteiger partial charge is 0.313 e. The SMILES string of the molecule is COc1ncnc(N(C)C)c1NC(=O)C(=O)NCC(c1cnn(C)c1)N(C)C. The summed E-state index contributed by atoms with van der Waals surface area (Å²) in [5.74, 6) is -1.01. The molecule has 2 rings (SSSR count). The summed E-state index contributed by atoms with van der Waals surface area (Å²) in [5.41, 5.74) is 1.16. The molecule has 2 aromatic rings. The first-order chi connectivity index (χ1) is 13.2. The molecule has 0 spiro atoms. The molecule has 0 radical (unpaired) electrons. The van der Waals surface area contributed by atoms with Crippen molar-refractivity contribution in [3.8, 4) is 5.88 Å². The van der Waals surface area contributed by atoms with E-state index in [9.17, 15) is 9.59 Å². The van der Waals surface area contributed by atoms with Crippen LogP contribution in [-0.2, 0) is 16.6 Å². The third kappa shape index (κ3) is 4.94. The van der Waals surface area contributed by atoms with Crippen LogP contribution in [0.1, 0.15) is 11.6 Å². The molecule has 1 atom stereocenters. The van der Waals surface area contributed by atoms with E-state index in [4.69, 9.17) is 4.74 Å². The highest BCUT2D eigenvalue weighted by Gasteiger charge is 2.23. The van der Waals surface area contributed by atoms with Crippen molar-refractivity contribution in [2.45, 2.75) is 6.04 Å². The Labute approximate surface area is 163 Å². The van der Waals surface area contributed by atoms with E-state index >= 15 is 0 Å². The lowest BCUT2D eigenvalue weighted by atomic mass is 10.1. The van der Waals surface area contributed by atoms with Gasteiger partial charge in [0.2, 0.25) is 5.88 Å². The number of carbonyl (C=O) groups excluding carboxylic acids is 2. The van der Waals surface area contributed by atoms with Crippen molar-refractivity contribution in [1.29, 1.82) is 0 Å². The van der Waals surface area contributed by atoms with Crippen molar-refractivity contribution >= 4 is 23.3 Å². The molecular weight excluding hydrogens is 364 g/mol. The number of nitrogens with one attached hydrogen (secondary N) is 2. The van der Waals surface area contributed by atoms with E-state index in [0.717, 1.165) is 5.56 Å². The maximum atomic E-state index is 12.4. The van der Waals surface area contributed by atoms with Crippen LogP contribution < -0.4 is 20.3 Å². The molecule has 0 bridgehead atoms. The molecule has 11 heteroatoms. The van der Waals surface area contributed by atoms with E-state index < -0.39 is 11.8 Å². The average Bonchev–Trinajstić information content (AvgIpc) is 3.07. The Hall–Kier alpha value is -3.21. The second-order valence-corrected chi connectivity index (χ2v) is 6.57. The summed E-state index contributed by atoms with van der Waals surface area (Å²) in [4.78, 5) is 36.4. The third-order valence-corrected chi connectivity index (χ3v) is 4.04. The molecule has 0 aliphatic heterocycles. The monoisotopic (exact) mass is 390 g/mol. The summed E-state index contributed by atoms with van der Waals surface area (Å²) < 4.78 is 6.85. The van der Waals surface area contributed by atoms with E-state index in [-0.39, 0.29) is 24.2 Å². The Morgan fingerprint density at radius 2 is 1.93 bits per heavy atom. The molecule has 0 aliphatic carbocycles. The zero-order chi connectivity index (χ0) is 20.8. The molecule has 0 saturated carbocycles. The second-order valence-electron chi connectivity index (χ2n) is 6.57. The molecule has 0 aliphatic rings.